The number of rotatable bonds is 5. The molecule has 1 atom stereocenters. The minimum Gasteiger partial charge on any atom is -0.310 e. The van der Waals surface area contributed by atoms with Crippen LogP contribution in [0.15, 0.2) is 46.9 Å². The standard InChI is InChI=1S/C16H14N4O4S/c1-2-7-25-16-18-14-13(15(22)19-16)11(8-12(21)17-14)9-3-5-10(6-4-9)20(23)24/h2-6,11H,1,7-8H2,(H2,17,18,19,21,22)/t11-/m1/s1. The third-order valence-electron chi connectivity index (χ3n) is 3.77. The van der Waals surface area contributed by atoms with Gasteiger partial charge in [0, 0.05) is 30.2 Å². The molecular formula is C16H14N4O4S. The molecule has 2 heterocycles. The first-order valence-electron chi connectivity index (χ1n) is 7.41. The van der Waals surface area contributed by atoms with Gasteiger partial charge in [-0.25, -0.2) is 4.98 Å². The van der Waals surface area contributed by atoms with E-state index in [2.05, 4.69) is 21.9 Å². The highest BCUT2D eigenvalue weighted by Crippen LogP contribution is 2.34. The monoisotopic (exact) mass is 358 g/mol. The van der Waals surface area contributed by atoms with E-state index in [0.717, 1.165) is 0 Å². The predicted octanol–water partition coefficient (Wildman–Crippen LogP) is 2.43. The Morgan fingerprint density at radius 1 is 1.36 bits per heavy atom. The highest BCUT2D eigenvalue weighted by molar-refractivity contribution is 7.99. The normalized spacial score (nSPS) is 16.0. The maximum absolute atomic E-state index is 12.5. The van der Waals surface area contributed by atoms with Gasteiger partial charge in [-0.3, -0.25) is 19.7 Å². The van der Waals surface area contributed by atoms with Crippen molar-refractivity contribution in [3.05, 3.63) is 68.5 Å². The smallest absolute Gasteiger partial charge is 0.269 e. The van der Waals surface area contributed by atoms with Crippen LogP contribution in [0.3, 0.4) is 0 Å². The first kappa shape index (κ1) is 16.9. The predicted molar refractivity (Wildman–Crippen MR) is 94.0 cm³/mol. The van der Waals surface area contributed by atoms with E-state index in [1.807, 2.05) is 0 Å². The van der Waals surface area contributed by atoms with Crippen molar-refractivity contribution in [1.29, 1.82) is 0 Å². The van der Waals surface area contributed by atoms with Gasteiger partial charge in [-0.05, 0) is 5.56 Å². The molecular weight excluding hydrogens is 344 g/mol. The maximum Gasteiger partial charge on any atom is 0.269 e. The second kappa shape index (κ2) is 6.89. The van der Waals surface area contributed by atoms with E-state index < -0.39 is 10.8 Å². The number of nitrogens with one attached hydrogen (secondary N) is 2. The molecule has 128 valence electrons. The SMILES string of the molecule is C=CCSc1nc2c(c(=O)[nH]1)[C@@H](c1ccc([N+](=O)[O-])cc1)CC(=O)N2. The van der Waals surface area contributed by atoms with Crippen LogP contribution in [0.5, 0.6) is 0 Å². The summed E-state index contributed by atoms with van der Waals surface area (Å²) in [5.41, 5.74) is 0.629. The molecule has 0 saturated carbocycles. The molecule has 1 aliphatic heterocycles. The number of amides is 1. The lowest BCUT2D eigenvalue weighted by Crippen LogP contribution is -2.31. The molecule has 0 unspecified atom stereocenters. The van der Waals surface area contributed by atoms with Crippen LogP contribution >= 0.6 is 11.8 Å². The lowest BCUT2D eigenvalue weighted by Gasteiger charge is -2.24. The number of benzene rings is 1. The van der Waals surface area contributed by atoms with Crippen LogP contribution in [0.2, 0.25) is 0 Å². The average molecular weight is 358 g/mol. The second-order valence-corrected chi connectivity index (χ2v) is 6.40. The van der Waals surface area contributed by atoms with Gasteiger partial charge in [0.25, 0.3) is 11.2 Å². The molecule has 0 spiro atoms. The van der Waals surface area contributed by atoms with Crippen LogP contribution in [-0.4, -0.2) is 26.6 Å². The average Bonchev–Trinajstić information content (AvgIpc) is 2.59. The molecule has 0 saturated heterocycles. The van der Waals surface area contributed by atoms with Gasteiger partial charge in [0.05, 0.1) is 10.5 Å². The summed E-state index contributed by atoms with van der Waals surface area (Å²) in [6.45, 7) is 3.61. The first-order chi connectivity index (χ1) is 12.0. The molecule has 1 aromatic heterocycles. The van der Waals surface area contributed by atoms with Crippen LogP contribution < -0.4 is 10.9 Å². The van der Waals surface area contributed by atoms with E-state index in [-0.39, 0.29) is 29.4 Å². The van der Waals surface area contributed by atoms with Gasteiger partial charge in [0.2, 0.25) is 5.91 Å². The molecule has 0 radical (unpaired) electrons. The Hall–Kier alpha value is -2.94. The van der Waals surface area contributed by atoms with Gasteiger partial charge in [-0.1, -0.05) is 30.0 Å². The maximum atomic E-state index is 12.5. The van der Waals surface area contributed by atoms with Gasteiger partial charge < -0.3 is 10.3 Å². The molecule has 25 heavy (non-hydrogen) atoms. The van der Waals surface area contributed by atoms with Crippen LogP contribution in [0.25, 0.3) is 0 Å². The number of hydrogen-bond donors (Lipinski definition) is 2. The van der Waals surface area contributed by atoms with Gasteiger partial charge >= 0.3 is 0 Å². The number of nitrogens with zero attached hydrogens (tertiary/aromatic N) is 2. The Bertz CT molecular complexity index is 907. The summed E-state index contributed by atoms with van der Waals surface area (Å²) in [4.78, 5) is 41.8. The number of thioether (sulfide) groups is 1. The van der Waals surface area contributed by atoms with Crippen LogP contribution in [0.4, 0.5) is 11.5 Å². The molecule has 9 heteroatoms. The Morgan fingerprint density at radius 2 is 2.08 bits per heavy atom. The number of nitro groups is 1. The first-order valence-corrected chi connectivity index (χ1v) is 8.40. The molecule has 0 bridgehead atoms. The molecule has 8 nitrogen and oxygen atoms in total. The van der Waals surface area contributed by atoms with Crippen molar-refractivity contribution in [2.45, 2.75) is 17.5 Å². The van der Waals surface area contributed by atoms with Crippen molar-refractivity contribution >= 4 is 29.2 Å². The number of nitro benzene ring substituents is 1. The van der Waals surface area contributed by atoms with Crippen molar-refractivity contribution in [3.8, 4) is 0 Å². The molecule has 0 aliphatic carbocycles. The van der Waals surface area contributed by atoms with Gasteiger partial charge in [0.1, 0.15) is 5.82 Å². The van der Waals surface area contributed by atoms with Crippen molar-refractivity contribution in [1.82, 2.24) is 9.97 Å². The molecule has 2 aromatic rings. The van der Waals surface area contributed by atoms with E-state index >= 15 is 0 Å². The number of non-ortho nitro benzene ring substituents is 1. The second-order valence-electron chi connectivity index (χ2n) is 5.39. The molecule has 2 N–H and O–H groups in total. The number of hydrogen-bond acceptors (Lipinski definition) is 6. The quantitative estimate of drug-likeness (QED) is 0.279. The largest absolute Gasteiger partial charge is 0.310 e. The van der Waals surface area contributed by atoms with Crippen LogP contribution in [-0.2, 0) is 4.79 Å². The number of aromatic nitrogens is 2. The van der Waals surface area contributed by atoms with E-state index in [1.165, 1.54) is 23.9 Å². The third kappa shape index (κ3) is 3.45. The highest BCUT2D eigenvalue weighted by Gasteiger charge is 2.31. The molecule has 1 aliphatic rings. The van der Waals surface area contributed by atoms with Crippen molar-refractivity contribution < 1.29 is 9.72 Å². The van der Waals surface area contributed by atoms with Gasteiger partial charge in [-0.2, -0.15) is 0 Å². The lowest BCUT2D eigenvalue weighted by molar-refractivity contribution is -0.384. The Labute approximate surface area is 146 Å². The zero-order valence-corrected chi connectivity index (χ0v) is 13.8. The molecule has 0 fully saturated rings. The zero-order valence-electron chi connectivity index (χ0n) is 13.0. The number of anilines is 1. The summed E-state index contributed by atoms with van der Waals surface area (Å²) < 4.78 is 0. The number of H-pyrrole nitrogens is 1. The number of fused-ring (bicyclic) bond motifs is 1. The Balaban J connectivity index is 2.03. The fraction of sp³-hybridized carbons (Fsp3) is 0.188. The summed E-state index contributed by atoms with van der Waals surface area (Å²) in [6, 6.07) is 5.84. The van der Waals surface area contributed by atoms with Crippen LogP contribution in [0.1, 0.15) is 23.5 Å². The zero-order chi connectivity index (χ0) is 18.0. The fourth-order valence-electron chi connectivity index (χ4n) is 2.67. The number of carbonyl (C=O) groups is 1. The topological polar surface area (TPSA) is 118 Å². The molecule has 1 aromatic carbocycles. The minimum atomic E-state index is -0.501. The summed E-state index contributed by atoms with van der Waals surface area (Å²) in [5.74, 6) is 0.0457. The molecule has 3 rings (SSSR count). The van der Waals surface area contributed by atoms with E-state index in [9.17, 15) is 19.7 Å². The van der Waals surface area contributed by atoms with Crippen LogP contribution in [0, 0.1) is 10.1 Å². The minimum absolute atomic E-state index is 0.0487. The summed E-state index contributed by atoms with van der Waals surface area (Å²) in [6.07, 6.45) is 1.76. The summed E-state index contributed by atoms with van der Waals surface area (Å²) >= 11 is 1.30. The van der Waals surface area contributed by atoms with E-state index in [1.54, 1.807) is 18.2 Å². The Kier molecular flexibility index (Phi) is 4.66. The number of carbonyl (C=O) groups excluding carboxylic acids is 1. The van der Waals surface area contributed by atoms with E-state index in [0.29, 0.717) is 22.0 Å². The summed E-state index contributed by atoms with van der Waals surface area (Å²) in [5, 5.41) is 13.8. The van der Waals surface area contributed by atoms with Gasteiger partial charge in [-0.15, -0.1) is 6.58 Å². The number of aromatic amines is 1. The van der Waals surface area contributed by atoms with E-state index in [4.69, 9.17) is 0 Å². The Morgan fingerprint density at radius 3 is 2.72 bits per heavy atom. The van der Waals surface area contributed by atoms with Crippen molar-refractivity contribution in [2.75, 3.05) is 11.1 Å². The van der Waals surface area contributed by atoms with Crippen molar-refractivity contribution in [3.63, 3.8) is 0 Å². The van der Waals surface area contributed by atoms with Crippen molar-refractivity contribution in [2.24, 2.45) is 0 Å². The summed E-state index contributed by atoms with van der Waals surface area (Å²) in [7, 11) is 0. The molecule has 1 amide bonds. The lowest BCUT2D eigenvalue weighted by atomic mass is 9.87. The third-order valence-corrected chi connectivity index (χ3v) is 4.64. The highest BCUT2D eigenvalue weighted by atomic mass is 32.2. The fourth-order valence-corrected chi connectivity index (χ4v) is 3.27. The van der Waals surface area contributed by atoms with Gasteiger partial charge in [0.15, 0.2) is 5.16 Å².